The zero-order chi connectivity index (χ0) is 5.11. The van der Waals surface area contributed by atoms with Crippen LogP contribution in [0, 0.1) is 0 Å². The molecule has 0 unspecified atom stereocenters. The van der Waals surface area contributed by atoms with Gasteiger partial charge in [-0.25, -0.2) is 0 Å². The van der Waals surface area contributed by atoms with Crippen molar-refractivity contribution in [1.82, 2.24) is 0 Å². The number of rotatable bonds is 0. The van der Waals surface area contributed by atoms with Crippen molar-refractivity contribution in [1.29, 1.82) is 0 Å². The largest absolute Gasteiger partial charge is 0.443 e. The summed E-state index contributed by atoms with van der Waals surface area (Å²) in [6.07, 6.45) is 0. The summed E-state index contributed by atoms with van der Waals surface area (Å²) in [4.78, 5) is 9.26. The third-order valence-electron chi connectivity index (χ3n) is 1.57. The Morgan fingerprint density at radius 3 is 1.86 bits per heavy atom. The van der Waals surface area contributed by atoms with Crippen molar-refractivity contribution in [3.8, 4) is 0 Å². The Balaban J connectivity index is 2.12. The SMILES string of the molecule is O[SiH]1[SiH2][SiH2][SiH2][SiH2][SiH2]1. The van der Waals surface area contributed by atoms with Gasteiger partial charge in [0.1, 0.15) is 8.08 Å². The van der Waals surface area contributed by atoms with Crippen LogP contribution in [0.15, 0.2) is 0 Å². The molecular weight excluding hydrogens is 185 g/mol. The first kappa shape index (κ1) is 6.38. The molecule has 0 aromatic carbocycles. The van der Waals surface area contributed by atoms with Gasteiger partial charge in [-0.2, -0.15) is 0 Å². The van der Waals surface area contributed by atoms with Crippen molar-refractivity contribution in [2.24, 2.45) is 0 Å². The Bertz CT molecular complexity index is 46.1. The maximum Gasteiger partial charge on any atom is 0.129 e. The van der Waals surface area contributed by atoms with Crippen molar-refractivity contribution in [2.45, 2.75) is 0 Å². The van der Waals surface area contributed by atoms with Gasteiger partial charge in [0.25, 0.3) is 0 Å². The molecule has 0 amide bonds. The van der Waals surface area contributed by atoms with Gasteiger partial charge in [0.05, 0.1) is 0 Å². The van der Waals surface area contributed by atoms with Crippen molar-refractivity contribution in [3.63, 3.8) is 0 Å². The van der Waals surface area contributed by atoms with E-state index in [-0.39, 0.29) is 0 Å². The van der Waals surface area contributed by atoms with Crippen molar-refractivity contribution >= 4 is 50.8 Å². The van der Waals surface area contributed by atoms with Gasteiger partial charge in [0.2, 0.25) is 0 Å². The summed E-state index contributed by atoms with van der Waals surface area (Å²) in [6.45, 7) is 0. The summed E-state index contributed by atoms with van der Waals surface area (Å²) >= 11 is 0. The topological polar surface area (TPSA) is 20.2 Å². The van der Waals surface area contributed by atoms with Gasteiger partial charge < -0.3 is 4.80 Å². The average molecular weight is 197 g/mol. The Labute approximate surface area is 55.9 Å². The minimum absolute atomic E-state index is 0.424. The molecule has 0 spiro atoms. The summed E-state index contributed by atoms with van der Waals surface area (Å²) in [7, 11) is 2.24. The fourth-order valence-corrected chi connectivity index (χ4v) is 233. The molecule has 7 heteroatoms. The lowest BCUT2D eigenvalue weighted by Gasteiger charge is -2.09. The van der Waals surface area contributed by atoms with Crippen LogP contribution < -0.4 is 0 Å². The highest BCUT2D eigenvalue weighted by atomic mass is 30.1. The molecule has 1 heterocycles. The fourth-order valence-electron chi connectivity index (χ4n) is 1.08. The zero-order valence-corrected chi connectivity index (χ0v) is 12.8. The second-order valence-electron chi connectivity index (χ2n) is 2.29. The monoisotopic (exact) mass is 196 g/mol. The molecule has 0 bridgehead atoms. The Kier molecular flexibility index (Phi) is 3.03. The predicted octanol–water partition coefficient (Wildman–Crippen LogP) is -5.79. The smallest absolute Gasteiger partial charge is 0.129 e. The van der Waals surface area contributed by atoms with E-state index >= 15 is 0 Å². The quantitative estimate of drug-likeness (QED) is 0.383. The molecular formula is H12OSi6. The lowest BCUT2D eigenvalue weighted by atomic mass is 15.9. The molecule has 0 radical (unpaired) electrons. The molecule has 7 heavy (non-hydrogen) atoms. The first-order valence-corrected chi connectivity index (χ1v) is 26.1. The molecule has 1 nitrogen and oxygen atoms in total. The van der Waals surface area contributed by atoms with Crippen LogP contribution in [-0.4, -0.2) is 55.6 Å². The normalized spacial score (nSPS) is 50.1. The van der Waals surface area contributed by atoms with Gasteiger partial charge in [-0.15, -0.1) is 0 Å². The Morgan fingerprint density at radius 1 is 1.00 bits per heavy atom. The highest BCUT2D eigenvalue weighted by molar-refractivity contribution is 7.78. The van der Waals surface area contributed by atoms with Gasteiger partial charge in [-0.05, 0) is 25.7 Å². The van der Waals surface area contributed by atoms with Crippen molar-refractivity contribution in [3.05, 3.63) is 0 Å². The van der Waals surface area contributed by atoms with Gasteiger partial charge in [-0.3, -0.25) is 0 Å². The molecule has 1 saturated heterocycles. The summed E-state index contributed by atoms with van der Waals surface area (Å²) in [5.41, 5.74) is 0. The second-order valence-corrected chi connectivity index (χ2v) is 55.3. The molecule has 1 fully saturated rings. The lowest BCUT2D eigenvalue weighted by Crippen LogP contribution is -2.48. The highest BCUT2D eigenvalue weighted by Crippen LogP contribution is 1.73. The van der Waals surface area contributed by atoms with Gasteiger partial charge >= 0.3 is 0 Å². The van der Waals surface area contributed by atoms with E-state index in [4.69, 9.17) is 0 Å². The van der Waals surface area contributed by atoms with Crippen LogP contribution in [0.4, 0.5) is 0 Å². The first-order chi connectivity index (χ1) is 3.39. The standard InChI is InChI=1S/H12OSi6/c1-7-5-3-2-4-6-7/h1,7H,2-6H2. The maximum absolute atomic E-state index is 9.26. The van der Waals surface area contributed by atoms with Crippen LogP contribution in [0.2, 0.25) is 0 Å². The number of hydrogen-bond donors (Lipinski definition) is 1. The molecule has 1 rings (SSSR count). The van der Waals surface area contributed by atoms with E-state index in [0.29, 0.717) is 34.2 Å². The molecule has 0 aliphatic carbocycles. The molecule has 1 aliphatic rings. The van der Waals surface area contributed by atoms with E-state index in [1.807, 2.05) is 0 Å². The molecule has 0 aromatic heterocycles. The third-order valence-corrected chi connectivity index (χ3v) is 114. The minimum Gasteiger partial charge on any atom is -0.443 e. The second kappa shape index (κ2) is 3.32. The van der Waals surface area contributed by atoms with Crippen molar-refractivity contribution in [2.75, 3.05) is 0 Å². The minimum atomic E-state index is -0.659. The maximum atomic E-state index is 9.26. The lowest BCUT2D eigenvalue weighted by molar-refractivity contribution is 0.613. The van der Waals surface area contributed by atoms with Gasteiger partial charge in [0.15, 0.2) is 0 Å². The third kappa shape index (κ3) is 2.34. The van der Waals surface area contributed by atoms with Gasteiger partial charge in [-0.1, -0.05) is 0 Å². The molecule has 0 saturated carbocycles. The molecule has 1 N–H and O–H groups in total. The van der Waals surface area contributed by atoms with Crippen LogP contribution in [-0.2, 0) is 0 Å². The predicted molar refractivity (Wildman–Crippen MR) is 52.1 cm³/mol. The highest BCUT2D eigenvalue weighted by Gasteiger charge is 2.12. The van der Waals surface area contributed by atoms with Crippen LogP contribution >= 0.6 is 0 Å². The van der Waals surface area contributed by atoms with E-state index in [1.165, 1.54) is 0 Å². The van der Waals surface area contributed by atoms with Crippen molar-refractivity contribution < 1.29 is 4.80 Å². The van der Waals surface area contributed by atoms with Crippen LogP contribution in [0.25, 0.3) is 0 Å². The summed E-state index contributed by atoms with van der Waals surface area (Å²) < 4.78 is 0. The van der Waals surface area contributed by atoms with E-state index < -0.39 is 8.08 Å². The molecule has 1 aliphatic heterocycles. The van der Waals surface area contributed by atoms with Crippen LogP contribution in [0.3, 0.4) is 0 Å². The van der Waals surface area contributed by atoms with E-state index in [0.717, 1.165) is 8.55 Å². The van der Waals surface area contributed by atoms with Gasteiger partial charge in [0, 0.05) is 17.1 Å². The molecule has 0 aromatic rings. The van der Waals surface area contributed by atoms with Crippen LogP contribution in [0.5, 0.6) is 0 Å². The zero-order valence-electron chi connectivity index (χ0n) is 4.56. The number of hydrogen-bond acceptors (Lipinski definition) is 1. The fraction of sp³-hybridized carbons (Fsp3) is 0. The van der Waals surface area contributed by atoms with Crippen LogP contribution in [0.1, 0.15) is 0 Å². The Hall–Kier alpha value is 1.26. The van der Waals surface area contributed by atoms with E-state index in [9.17, 15) is 4.80 Å². The first-order valence-electron chi connectivity index (χ1n) is 3.07. The van der Waals surface area contributed by atoms with E-state index in [1.54, 1.807) is 0 Å². The molecule has 0 atom stereocenters. The summed E-state index contributed by atoms with van der Waals surface area (Å²) in [5, 5.41) is 0. The van der Waals surface area contributed by atoms with E-state index in [2.05, 4.69) is 0 Å². The Morgan fingerprint density at radius 2 is 1.57 bits per heavy atom. The average Bonchev–Trinajstić information content (AvgIpc) is 1.69. The summed E-state index contributed by atoms with van der Waals surface area (Å²) in [5.74, 6) is 0. The summed E-state index contributed by atoms with van der Waals surface area (Å²) in [6, 6.07) is 0. The molecule has 42 valence electrons.